The van der Waals surface area contributed by atoms with Gasteiger partial charge in [0.25, 0.3) is 0 Å². The highest BCUT2D eigenvalue weighted by Gasteiger charge is 2.28. The zero-order chi connectivity index (χ0) is 32.0. The van der Waals surface area contributed by atoms with Crippen LogP contribution in [0.4, 0.5) is 0 Å². The van der Waals surface area contributed by atoms with Gasteiger partial charge in [-0.2, -0.15) is 0 Å². The Morgan fingerprint density at radius 3 is 1.37 bits per heavy atom. The van der Waals surface area contributed by atoms with Crippen LogP contribution >= 0.6 is 0 Å². The second-order valence-corrected chi connectivity index (χ2v) is 14.2. The average Bonchev–Trinajstić information content (AvgIpc) is 4.04. The second-order valence-electron chi connectivity index (χ2n) is 14.2. The van der Waals surface area contributed by atoms with Gasteiger partial charge < -0.3 is 25.0 Å². The first-order chi connectivity index (χ1) is 22.6. The van der Waals surface area contributed by atoms with Gasteiger partial charge in [-0.15, -0.1) is 0 Å². The molecule has 2 saturated carbocycles. The summed E-state index contributed by atoms with van der Waals surface area (Å²) in [5.74, 6) is 2.01. The van der Waals surface area contributed by atoms with Crippen molar-refractivity contribution in [2.75, 3.05) is 106 Å². The standard InChI is InChI=1S/C26H37N3O.C12H25N3O/c1-30-26(21-28-16-14-27(15-17-28)18-25-12-13-25)22-29(19-23-8-4-2-5-9-23)20-24-10-6-3-7-11-24;1-16-12(8-13)10-15-6-4-14(5-7-15)9-11-2-3-11/h2-11,25-26H,12-22H2,1H3;11-12H,2-10,13H2,1H3/t26-;12-/m10/s1. The van der Waals surface area contributed by atoms with Crippen molar-refractivity contribution in [1.29, 1.82) is 0 Å². The number of methoxy groups -OCH3 is 2. The third kappa shape index (κ3) is 13.0. The molecule has 0 unspecified atom stereocenters. The quantitative estimate of drug-likeness (QED) is 0.283. The van der Waals surface area contributed by atoms with Crippen LogP contribution in [0.3, 0.4) is 0 Å². The first kappa shape index (κ1) is 35.4. The molecule has 2 heterocycles. The average molecular weight is 635 g/mol. The van der Waals surface area contributed by atoms with Crippen molar-refractivity contribution in [3.8, 4) is 0 Å². The summed E-state index contributed by atoms with van der Waals surface area (Å²) in [6, 6.07) is 21.6. The molecule has 2 aliphatic carbocycles. The fraction of sp³-hybridized carbons (Fsp3) is 0.684. The van der Waals surface area contributed by atoms with Crippen LogP contribution in [0.15, 0.2) is 60.7 Å². The van der Waals surface area contributed by atoms with Crippen LogP contribution in [0.2, 0.25) is 0 Å². The fourth-order valence-electron chi connectivity index (χ4n) is 6.82. The predicted octanol–water partition coefficient (Wildman–Crippen LogP) is 3.72. The van der Waals surface area contributed by atoms with Crippen LogP contribution in [0.25, 0.3) is 0 Å². The number of nitrogens with zero attached hydrogens (tertiary/aromatic N) is 5. The van der Waals surface area contributed by atoms with Crippen molar-refractivity contribution in [2.24, 2.45) is 17.6 Å². The Balaban J connectivity index is 0.000000219. The number of benzene rings is 2. The predicted molar refractivity (Wildman–Crippen MR) is 189 cm³/mol. The molecule has 0 aromatic heterocycles. The van der Waals surface area contributed by atoms with E-state index in [0.717, 1.165) is 44.6 Å². The van der Waals surface area contributed by atoms with Gasteiger partial charge in [-0.1, -0.05) is 60.7 Å². The van der Waals surface area contributed by atoms with Crippen LogP contribution in [-0.4, -0.2) is 143 Å². The number of hydrogen-bond donors (Lipinski definition) is 1. The molecule has 2 aliphatic heterocycles. The molecule has 2 saturated heterocycles. The number of nitrogens with two attached hydrogens (primary N) is 1. The van der Waals surface area contributed by atoms with Crippen molar-refractivity contribution in [3.63, 3.8) is 0 Å². The Labute approximate surface area is 279 Å². The van der Waals surface area contributed by atoms with E-state index in [-0.39, 0.29) is 12.2 Å². The monoisotopic (exact) mass is 634 g/mol. The van der Waals surface area contributed by atoms with E-state index in [1.807, 2.05) is 7.11 Å². The van der Waals surface area contributed by atoms with E-state index in [0.29, 0.717) is 6.54 Å². The Morgan fingerprint density at radius 2 is 1.00 bits per heavy atom. The molecule has 256 valence electrons. The van der Waals surface area contributed by atoms with E-state index in [2.05, 4.69) is 85.2 Å². The van der Waals surface area contributed by atoms with Crippen LogP contribution in [0.1, 0.15) is 36.8 Å². The summed E-state index contributed by atoms with van der Waals surface area (Å²) in [5, 5.41) is 0. The molecular weight excluding hydrogens is 572 g/mol. The zero-order valence-corrected chi connectivity index (χ0v) is 28.9. The highest BCUT2D eigenvalue weighted by atomic mass is 16.5. The molecule has 0 bridgehead atoms. The molecule has 0 amide bonds. The van der Waals surface area contributed by atoms with Gasteiger partial charge in [-0.05, 0) is 48.6 Å². The summed E-state index contributed by atoms with van der Waals surface area (Å²) in [7, 11) is 3.62. The SMILES string of the molecule is CO[C@@H](CN)CN1CCN(CC2CC2)CC1.CO[C@H](CN1CCN(CC2CC2)CC1)CN(Cc1ccccc1)Cc1ccccc1. The van der Waals surface area contributed by atoms with Gasteiger partial charge in [-0.25, -0.2) is 0 Å². The summed E-state index contributed by atoms with van der Waals surface area (Å²) in [4.78, 5) is 12.9. The summed E-state index contributed by atoms with van der Waals surface area (Å²) < 4.78 is 11.3. The molecule has 2 N–H and O–H groups in total. The van der Waals surface area contributed by atoms with Crippen LogP contribution < -0.4 is 5.73 Å². The summed E-state index contributed by atoms with van der Waals surface area (Å²) in [5.41, 5.74) is 8.36. The Kier molecular flexibility index (Phi) is 14.8. The van der Waals surface area contributed by atoms with E-state index in [4.69, 9.17) is 15.2 Å². The lowest BCUT2D eigenvalue weighted by Gasteiger charge is -2.37. The minimum Gasteiger partial charge on any atom is -0.379 e. The van der Waals surface area contributed by atoms with E-state index < -0.39 is 0 Å². The summed E-state index contributed by atoms with van der Waals surface area (Å²) in [6.45, 7) is 17.7. The van der Waals surface area contributed by atoms with Gasteiger partial charge in [0, 0.05) is 119 Å². The van der Waals surface area contributed by atoms with Crippen molar-refractivity contribution in [3.05, 3.63) is 71.8 Å². The maximum Gasteiger partial charge on any atom is 0.0825 e. The lowest BCUT2D eigenvalue weighted by atomic mass is 10.1. The largest absolute Gasteiger partial charge is 0.379 e. The van der Waals surface area contributed by atoms with Gasteiger partial charge >= 0.3 is 0 Å². The number of rotatable bonds is 17. The first-order valence-electron chi connectivity index (χ1n) is 18.1. The molecule has 46 heavy (non-hydrogen) atoms. The Hall–Kier alpha value is -1.88. The maximum absolute atomic E-state index is 5.96. The van der Waals surface area contributed by atoms with Crippen molar-refractivity contribution in [1.82, 2.24) is 24.5 Å². The Morgan fingerprint density at radius 1 is 0.609 bits per heavy atom. The molecule has 8 heteroatoms. The highest BCUT2D eigenvalue weighted by Crippen LogP contribution is 2.30. The van der Waals surface area contributed by atoms with Crippen molar-refractivity contribution in [2.45, 2.75) is 51.0 Å². The third-order valence-electron chi connectivity index (χ3n) is 10.2. The van der Waals surface area contributed by atoms with E-state index in [1.165, 1.54) is 102 Å². The molecule has 6 rings (SSSR count). The van der Waals surface area contributed by atoms with Gasteiger partial charge in [0.15, 0.2) is 0 Å². The minimum atomic E-state index is 0.204. The smallest absolute Gasteiger partial charge is 0.0825 e. The topological polar surface area (TPSA) is 60.7 Å². The number of ether oxygens (including phenoxy) is 2. The normalized spacial score (nSPS) is 21.6. The van der Waals surface area contributed by atoms with Gasteiger partial charge in [0.2, 0.25) is 0 Å². The molecule has 2 aromatic carbocycles. The van der Waals surface area contributed by atoms with Crippen molar-refractivity contribution >= 4 is 0 Å². The van der Waals surface area contributed by atoms with E-state index >= 15 is 0 Å². The highest BCUT2D eigenvalue weighted by molar-refractivity contribution is 5.17. The molecule has 8 nitrogen and oxygen atoms in total. The lowest BCUT2D eigenvalue weighted by molar-refractivity contribution is 0.0172. The third-order valence-corrected chi connectivity index (χ3v) is 10.2. The second kappa shape index (κ2) is 19.2. The van der Waals surface area contributed by atoms with Crippen LogP contribution in [0, 0.1) is 11.8 Å². The molecule has 4 aliphatic rings. The molecular formula is C38H62N6O2. The number of hydrogen-bond acceptors (Lipinski definition) is 8. The molecule has 0 radical (unpaired) electrons. The molecule has 2 aromatic rings. The van der Waals surface area contributed by atoms with Crippen molar-refractivity contribution < 1.29 is 9.47 Å². The molecule has 4 fully saturated rings. The lowest BCUT2D eigenvalue weighted by Crippen LogP contribution is -2.50. The first-order valence-corrected chi connectivity index (χ1v) is 18.1. The molecule has 0 spiro atoms. The number of piperazine rings is 2. The fourth-order valence-corrected chi connectivity index (χ4v) is 6.82. The van der Waals surface area contributed by atoms with Gasteiger partial charge in [0.05, 0.1) is 12.2 Å². The van der Waals surface area contributed by atoms with Gasteiger partial charge in [-0.3, -0.25) is 14.7 Å². The maximum atomic E-state index is 5.96. The van der Waals surface area contributed by atoms with E-state index in [9.17, 15) is 0 Å². The van der Waals surface area contributed by atoms with Crippen LogP contribution in [0.5, 0.6) is 0 Å². The van der Waals surface area contributed by atoms with Gasteiger partial charge in [0.1, 0.15) is 0 Å². The van der Waals surface area contributed by atoms with E-state index in [1.54, 1.807) is 7.11 Å². The minimum absolute atomic E-state index is 0.204. The van der Waals surface area contributed by atoms with Crippen LogP contribution in [-0.2, 0) is 22.6 Å². The zero-order valence-electron chi connectivity index (χ0n) is 28.9. The Bertz CT molecular complexity index is 1020. The summed E-state index contributed by atoms with van der Waals surface area (Å²) in [6.07, 6.45) is 6.25. The molecule has 2 atom stereocenters. The summed E-state index contributed by atoms with van der Waals surface area (Å²) >= 11 is 0.